The molecule has 0 aliphatic carbocycles. The summed E-state index contributed by atoms with van der Waals surface area (Å²) in [5.74, 6) is 0. The van der Waals surface area contributed by atoms with Gasteiger partial charge in [-0.1, -0.05) is 0 Å². The van der Waals surface area contributed by atoms with E-state index in [9.17, 15) is 8.42 Å². The third-order valence-electron chi connectivity index (χ3n) is 3.00. The van der Waals surface area contributed by atoms with E-state index in [1.807, 2.05) is 0 Å². The van der Waals surface area contributed by atoms with Gasteiger partial charge in [0, 0.05) is 25.2 Å². The SMILES string of the molecule is NS(=O)(=O)c1ccc(-n2nncc2-[c-]2[c-][c-][c-][c-]2)cc1.[Ru].[c-]1[c-][c-][cH-][c-]1. The van der Waals surface area contributed by atoms with Gasteiger partial charge in [-0.3, -0.25) is 6.20 Å². The maximum Gasteiger partial charge on any atom is 0.238 e. The summed E-state index contributed by atoms with van der Waals surface area (Å²) in [5.41, 5.74) is 1.93. The molecule has 4 rings (SSSR count). The molecule has 26 heavy (non-hydrogen) atoms. The van der Waals surface area contributed by atoms with Gasteiger partial charge in [-0.25, -0.2) is 13.6 Å². The van der Waals surface area contributed by atoms with Crippen LogP contribution in [0.25, 0.3) is 16.9 Å². The van der Waals surface area contributed by atoms with E-state index in [4.69, 9.17) is 5.14 Å². The van der Waals surface area contributed by atoms with Crippen molar-refractivity contribution in [1.82, 2.24) is 15.0 Å². The van der Waals surface area contributed by atoms with Crippen LogP contribution in [0.1, 0.15) is 0 Å². The Morgan fingerprint density at radius 2 is 1.65 bits per heavy atom. The van der Waals surface area contributed by atoms with Gasteiger partial charge in [0.15, 0.2) is 0 Å². The van der Waals surface area contributed by atoms with Crippen molar-refractivity contribution in [3.63, 3.8) is 0 Å². The summed E-state index contributed by atoms with van der Waals surface area (Å²) in [7, 11) is -3.71. The van der Waals surface area contributed by atoms with Crippen LogP contribution in [0, 0.1) is 48.5 Å². The molecule has 0 spiro atoms. The molecule has 0 amide bonds. The van der Waals surface area contributed by atoms with E-state index in [1.54, 1.807) is 24.4 Å². The Hall–Kier alpha value is -2.41. The van der Waals surface area contributed by atoms with Gasteiger partial charge in [0.1, 0.15) is 0 Å². The van der Waals surface area contributed by atoms with Gasteiger partial charge in [-0.2, -0.15) is 0 Å². The first-order chi connectivity index (χ1) is 12.1. The van der Waals surface area contributed by atoms with Crippen LogP contribution in [-0.4, -0.2) is 23.4 Å². The van der Waals surface area contributed by atoms with Gasteiger partial charge in [0.25, 0.3) is 0 Å². The summed E-state index contributed by atoms with van der Waals surface area (Å²) < 4.78 is 24.0. The number of nitrogens with two attached hydrogens (primary N) is 1. The van der Waals surface area contributed by atoms with Crippen LogP contribution in [-0.2, 0) is 29.5 Å². The predicted octanol–water partition coefficient (Wildman–Crippen LogP) is 1.11. The second-order valence-electron chi connectivity index (χ2n) is 4.63. The van der Waals surface area contributed by atoms with E-state index < -0.39 is 10.0 Å². The molecular formula is C18H8N4O2RuS-10. The van der Waals surface area contributed by atoms with Crippen LogP contribution in [0.3, 0.4) is 0 Å². The quantitative estimate of drug-likeness (QED) is 0.378. The van der Waals surface area contributed by atoms with Gasteiger partial charge < -0.3 is 75.6 Å². The standard InChI is InChI=1S/C13H7N4O2S.C5H.Ru/c14-20(18,19)12-7-5-11(6-8-12)17-13(9-15-16-17)10-3-1-2-4-10;1-2-4-5-3-1;/h5-9H,(H2,14,18,19);1H;/q2*-5;. The van der Waals surface area contributed by atoms with Crippen molar-refractivity contribution in [3.05, 3.63) is 85.1 Å². The first-order valence-corrected chi connectivity index (χ1v) is 8.36. The molecule has 1 aromatic heterocycles. The number of primary sulfonamides is 1. The summed E-state index contributed by atoms with van der Waals surface area (Å²) in [6, 6.07) is 29.0. The third kappa shape index (κ3) is 4.82. The van der Waals surface area contributed by atoms with Crippen molar-refractivity contribution in [2.75, 3.05) is 0 Å². The Kier molecular flexibility index (Phi) is 6.74. The van der Waals surface area contributed by atoms with Crippen LogP contribution in [0.15, 0.2) is 41.4 Å². The van der Waals surface area contributed by atoms with Gasteiger partial charge in [0.2, 0.25) is 10.0 Å². The molecule has 0 aliphatic rings. The van der Waals surface area contributed by atoms with Gasteiger partial charge in [0.05, 0.1) is 4.90 Å². The summed E-state index contributed by atoms with van der Waals surface area (Å²) in [6.07, 6.45) is 1.55. The van der Waals surface area contributed by atoms with Crippen molar-refractivity contribution >= 4 is 10.0 Å². The van der Waals surface area contributed by atoms with E-state index in [2.05, 4.69) is 58.8 Å². The Balaban J connectivity index is 0.000000351. The Morgan fingerprint density at radius 3 is 2.15 bits per heavy atom. The topological polar surface area (TPSA) is 90.9 Å². The fourth-order valence-corrected chi connectivity index (χ4v) is 2.42. The molecule has 0 unspecified atom stereocenters. The minimum atomic E-state index is -3.71. The van der Waals surface area contributed by atoms with Gasteiger partial charge in [-0.15, -0.1) is 5.21 Å². The number of nitrogens with zero attached hydrogens (tertiary/aromatic N) is 3. The molecule has 3 aromatic carbocycles. The number of benzene rings is 1. The fraction of sp³-hybridized carbons (Fsp3) is 0. The summed E-state index contributed by atoms with van der Waals surface area (Å²) in [6.45, 7) is 0. The maximum atomic E-state index is 11.2. The first-order valence-electron chi connectivity index (χ1n) is 6.82. The van der Waals surface area contributed by atoms with Crippen molar-refractivity contribution in [3.8, 4) is 16.9 Å². The molecule has 4 aromatic rings. The molecule has 0 saturated heterocycles. The molecule has 8 heteroatoms. The van der Waals surface area contributed by atoms with Crippen LogP contribution >= 0.6 is 0 Å². The van der Waals surface area contributed by atoms with Gasteiger partial charge >= 0.3 is 0 Å². The van der Waals surface area contributed by atoms with Crippen LogP contribution < -0.4 is 5.14 Å². The zero-order chi connectivity index (χ0) is 17.7. The van der Waals surface area contributed by atoms with Crippen molar-refractivity contribution in [2.45, 2.75) is 4.90 Å². The van der Waals surface area contributed by atoms with E-state index >= 15 is 0 Å². The molecule has 1 heterocycles. The second-order valence-corrected chi connectivity index (χ2v) is 6.19. The van der Waals surface area contributed by atoms with Gasteiger partial charge in [-0.05, 0) is 24.3 Å². The van der Waals surface area contributed by atoms with E-state index in [0.29, 0.717) is 16.9 Å². The van der Waals surface area contributed by atoms with E-state index in [1.165, 1.54) is 16.8 Å². The molecule has 2 N–H and O–H groups in total. The molecule has 0 aliphatic heterocycles. The molecule has 136 valence electrons. The largest absolute Gasteiger partial charge is 0.999 e. The Bertz CT molecular complexity index is 989. The van der Waals surface area contributed by atoms with Crippen LogP contribution in [0.5, 0.6) is 0 Å². The molecule has 0 radical (unpaired) electrons. The number of aromatic nitrogens is 3. The molecule has 6 nitrogen and oxygen atoms in total. The molecule has 0 atom stereocenters. The Labute approximate surface area is 164 Å². The molecule has 0 saturated carbocycles. The molecule has 0 bridgehead atoms. The monoisotopic (exact) mass is 446 g/mol. The van der Waals surface area contributed by atoms with Crippen LogP contribution in [0.2, 0.25) is 0 Å². The summed E-state index contributed by atoms with van der Waals surface area (Å²) >= 11 is 0. The summed E-state index contributed by atoms with van der Waals surface area (Å²) in [5, 5.41) is 12.8. The molecule has 0 fully saturated rings. The Morgan fingerprint density at radius 1 is 1.04 bits per heavy atom. The van der Waals surface area contributed by atoms with Crippen LogP contribution in [0.4, 0.5) is 0 Å². The zero-order valence-corrected chi connectivity index (χ0v) is 15.5. The van der Waals surface area contributed by atoms with Crippen molar-refractivity contribution < 1.29 is 27.9 Å². The maximum absolute atomic E-state index is 11.2. The van der Waals surface area contributed by atoms with Crippen molar-refractivity contribution in [2.24, 2.45) is 5.14 Å². The summed E-state index contributed by atoms with van der Waals surface area (Å²) in [4.78, 5) is 0.0380. The average molecular weight is 445 g/mol. The minimum absolute atomic E-state index is 0. The van der Waals surface area contributed by atoms with Crippen molar-refractivity contribution in [1.29, 1.82) is 0 Å². The predicted molar refractivity (Wildman–Crippen MR) is 86.5 cm³/mol. The molecular weight excluding hydrogens is 437 g/mol. The fourth-order valence-electron chi connectivity index (χ4n) is 1.90. The number of sulfonamides is 1. The normalized spacial score (nSPS) is 10.5. The zero-order valence-electron chi connectivity index (χ0n) is 13.0. The van der Waals surface area contributed by atoms with E-state index in [0.717, 1.165) is 0 Å². The number of rotatable bonds is 3. The number of hydrogen-bond donors (Lipinski definition) is 1. The minimum Gasteiger partial charge on any atom is -0.999 e. The first kappa shape index (κ1) is 19.9. The van der Waals surface area contributed by atoms with E-state index in [-0.39, 0.29) is 24.4 Å². The third-order valence-corrected chi connectivity index (χ3v) is 3.93. The second kappa shape index (κ2) is 8.80. The smallest absolute Gasteiger partial charge is 0.238 e. The number of hydrogen-bond acceptors (Lipinski definition) is 4. The average Bonchev–Trinajstić information content (AvgIpc) is 3.37.